The third-order valence-electron chi connectivity index (χ3n) is 5.60. The van der Waals surface area contributed by atoms with E-state index in [0.717, 1.165) is 44.2 Å². The normalized spacial score (nSPS) is 17.7. The first-order valence-corrected chi connectivity index (χ1v) is 10.4. The van der Waals surface area contributed by atoms with Crippen LogP contribution in [0.1, 0.15) is 24.1 Å². The number of benzene rings is 1. The van der Waals surface area contributed by atoms with E-state index in [1.807, 2.05) is 41.9 Å². The van der Waals surface area contributed by atoms with Gasteiger partial charge in [0.2, 0.25) is 0 Å². The average Bonchev–Trinajstić information content (AvgIpc) is 3.44. The van der Waals surface area contributed by atoms with Crippen molar-refractivity contribution in [2.75, 3.05) is 0 Å². The number of fused-ring (bicyclic) bond motifs is 2. The van der Waals surface area contributed by atoms with Gasteiger partial charge in [-0.25, -0.2) is 4.68 Å². The molecule has 1 fully saturated rings. The zero-order chi connectivity index (χ0) is 19.4. The van der Waals surface area contributed by atoms with E-state index in [4.69, 9.17) is 4.98 Å². The molecule has 2 unspecified atom stereocenters. The predicted octanol–water partition coefficient (Wildman–Crippen LogP) is 5.22. The summed E-state index contributed by atoms with van der Waals surface area (Å²) < 4.78 is 2.57. The highest BCUT2D eigenvalue weighted by Crippen LogP contribution is 2.50. The first kappa shape index (κ1) is 18.9. The molecular formula is C23H17ClN4OS. The Bertz CT molecular complexity index is 1430. The minimum atomic E-state index is -0.0242. The van der Waals surface area contributed by atoms with Crippen LogP contribution in [0.5, 0.6) is 0 Å². The Morgan fingerprint density at radius 3 is 2.73 bits per heavy atom. The highest BCUT2D eigenvalue weighted by molar-refractivity contribution is 7.17. The predicted molar refractivity (Wildman–Crippen MR) is 122 cm³/mol. The molecule has 0 radical (unpaired) electrons. The smallest absolute Gasteiger partial charge is 0.267 e. The molecule has 0 N–H and O–H groups in total. The van der Waals surface area contributed by atoms with E-state index in [2.05, 4.69) is 28.3 Å². The van der Waals surface area contributed by atoms with Crippen molar-refractivity contribution in [3.8, 4) is 11.1 Å². The third kappa shape index (κ3) is 3.00. The van der Waals surface area contributed by atoms with Gasteiger partial charge in [-0.3, -0.25) is 14.8 Å². The molecule has 2 atom stereocenters. The Hall–Kier alpha value is -3.09. The maximum absolute atomic E-state index is 13.3. The van der Waals surface area contributed by atoms with Gasteiger partial charge in [-0.1, -0.05) is 24.3 Å². The summed E-state index contributed by atoms with van der Waals surface area (Å²) in [6, 6.07) is 16.2. The van der Waals surface area contributed by atoms with E-state index in [0.29, 0.717) is 0 Å². The average molecular weight is 433 g/mol. The van der Waals surface area contributed by atoms with Crippen LogP contribution in [0.4, 0.5) is 0 Å². The molecular weight excluding hydrogens is 416 g/mol. The van der Waals surface area contributed by atoms with Crippen molar-refractivity contribution < 1.29 is 0 Å². The highest BCUT2D eigenvalue weighted by atomic mass is 35.5. The van der Waals surface area contributed by atoms with Gasteiger partial charge in [0.1, 0.15) is 0 Å². The standard InChI is InChI=1S/C23H16N4OS.ClH/c28-23-22-17(14-7-9-24-10-8-14)13-29-21(22)12-25-27(23)20-11-16(20)19-6-5-15-3-1-2-4-18(15)26-19;/h1-10,12-13,16,20H,11H2;1H. The number of para-hydroxylation sites is 1. The number of thiophene rings is 1. The number of hydrogen-bond donors (Lipinski definition) is 0. The van der Waals surface area contributed by atoms with Crippen LogP contribution < -0.4 is 5.56 Å². The van der Waals surface area contributed by atoms with Gasteiger partial charge in [-0.05, 0) is 36.2 Å². The van der Waals surface area contributed by atoms with Crippen LogP contribution in [0.25, 0.3) is 32.1 Å². The molecule has 5 nitrogen and oxygen atoms in total. The lowest BCUT2D eigenvalue weighted by molar-refractivity contribution is 0.590. The number of aromatic nitrogens is 4. The largest absolute Gasteiger partial charge is 0.276 e. The van der Waals surface area contributed by atoms with Gasteiger partial charge in [-0.15, -0.1) is 23.7 Å². The molecule has 1 aliphatic rings. The van der Waals surface area contributed by atoms with Crippen molar-refractivity contribution in [1.29, 1.82) is 0 Å². The lowest BCUT2D eigenvalue weighted by atomic mass is 10.1. The van der Waals surface area contributed by atoms with E-state index in [9.17, 15) is 4.79 Å². The summed E-state index contributed by atoms with van der Waals surface area (Å²) in [5, 5.41) is 8.39. The number of halogens is 1. The van der Waals surface area contributed by atoms with Crippen LogP contribution in [0.2, 0.25) is 0 Å². The van der Waals surface area contributed by atoms with E-state index in [1.165, 1.54) is 0 Å². The van der Waals surface area contributed by atoms with E-state index >= 15 is 0 Å². The molecule has 1 saturated carbocycles. The number of nitrogens with zero attached hydrogens (tertiary/aromatic N) is 4. The van der Waals surface area contributed by atoms with Crippen LogP contribution in [0, 0.1) is 0 Å². The van der Waals surface area contributed by atoms with E-state index in [1.54, 1.807) is 28.4 Å². The summed E-state index contributed by atoms with van der Waals surface area (Å²) in [5.41, 5.74) is 3.95. The second kappa shape index (κ2) is 7.31. The van der Waals surface area contributed by atoms with E-state index < -0.39 is 0 Å². The van der Waals surface area contributed by atoms with Gasteiger partial charge < -0.3 is 0 Å². The molecule has 0 bridgehead atoms. The summed E-state index contributed by atoms with van der Waals surface area (Å²) in [6.07, 6.45) is 6.20. The van der Waals surface area contributed by atoms with Crippen molar-refractivity contribution in [3.63, 3.8) is 0 Å². The van der Waals surface area contributed by atoms with Gasteiger partial charge in [-0.2, -0.15) is 5.10 Å². The quantitative estimate of drug-likeness (QED) is 0.392. The first-order valence-electron chi connectivity index (χ1n) is 9.55. The fourth-order valence-electron chi connectivity index (χ4n) is 4.01. The topological polar surface area (TPSA) is 60.7 Å². The summed E-state index contributed by atoms with van der Waals surface area (Å²) in [6.45, 7) is 0. The molecule has 148 valence electrons. The van der Waals surface area contributed by atoms with Gasteiger partial charge in [0, 0.05) is 40.3 Å². The second-order valence-electron chi connectivity index (χ2n) is 7.36. The maximum atomic E-state index is 13.3. The Morgan fingerprint density at radius 1 is 1.03 bits per heavy atom. The summed E-state index contributed by atoms with van der Waals surface area (Å²) in [7, 11) is 0. The Balaban J connectivity index is 0.00000193. The van der Waals surface area contributed by atoms with Crippen LogP contribution in [0.3, 0.4) is 0 Å². The zero-order valence-electron chi connectivity index (χ0n) is 15.8. The van der Waals surface area contributed by atoms with Gasteiger partial charge >= 0.3 is 0 Å². The van der Waals surface area contributed by atoms with Crippen molar-refractivity contribution in [3.05, 3.63) is 88.5 Å². The van der Waals surface area contributed by atoms with E-state index in [-0.39, 0.29) is 29.9 Å². The summed E-state index contributed by atoms with van der Waals surface area (Å²) >= 11 is 1.55. The molecule has 1 aromatic carbocycles. The number of hydrogen-bond acceptors (Lipinski definition) is 5. The molecule has 1 aliphatic carbocycles. The van der Waals surface area contributed by atoms with Crippen molar-refractivity contribution >= 4 is 44.7 Å². The highest BCUT2D eigenvalue weighted by Gasteiger charge is 2.43. The summed E-state index contributed by atoms with van der Waals surface area (Å²) in [5.74, 6) is 0.227. The molecule has 0 spiro atoms. The zero-order valence-corrected chi connectivity index (χ0v) is 17.4. The Morgan fingerprint density at radius 2 is 1.87 bits per heavy atom. The SMILES string of the molecule is Cl.O=c1c2c(-c3ccncc3)csc2cnn1C1CC1c1ccc2ccccc2n1. The Labute approximate surface area is 182 Å². The fraction of sp³-hybridized carbons (Fsp3) is 0.130. The molecule has 0 saturated heterocycles. The molecule has 5 aromatic rings. The van der Waals surface area contributed by atoms with Crippen LogP contribution >= 0.6 is 23.7 Å². The first-order chi connectivity index (χ1) is 14.3. The van der Waals surface area contributed by atoms with Gasteiger partial charge in [0.05, 0.1) is 27.8 Å². The van der Waals surface area contributed by atoms with Crippen LogP contribution in [-0.4, -0.2) is 19.7 Å². The molecule has 4 heterocycles. The molecule has 7 heteroatoms. The van der Waals surface area contributed by atoms with Gasteiger partial charge in [0.15, 0.2) is 0 Å². The van der Waals surface area contributed by atoms with Crippen molar-refractivity contribution in [2.45, 2.75) is 18.4 Å². The second-order valence-corrected chi connectivity index (χ2v) is 8.27. The Kier molecular flexibility index (Phi) is 4.60. The molecule has 4 aromatic heterocycles. The van der Waals surface area contributed by atoms with Crippen molar-refractivity contribution in [2.24, 2.45) is 0 Å². The molecule has 30 heavy (non-hydrogen) atoms. The lowest BCUT2D eigenvalue weighted by Gasteiger charge is -2.06. The summed E-state index contributed by atoms with van der Waals surface area (Å²) in [4.78, 5) is 22.2. The van der Waals surface area contributed by atoms with Crippen LogP contribution in [0.15, 0.2) is 77.3 Å². The van der Waals surface area contributed by atoms with Gasteiger partial charge in [0.25, 0.3) is 5.56 Å². The molecule has 0 amide bonds. The molecule has 6 rings (SSSR count). The maximum Gasteiger partial charge on any atom is 0.276 e. The molecule has 0 aliphatic heterocycles. The van der Waals surface area contributed by atoms with Crippen molar-refractivity contribution in [1.82, 2.24) is 19.7 Å². The third-order valence-corrected chi connectivity index (χ3v) is 6.52. The van der Waals surface area contributed by atoms with Crippen LogP contribution in [-0.2, 0) is 0 Å². The number of rotatable bonds is 3. The minimum absolute atomic E-state index is 0. The monoisotopic (exact) mass is 432 g/mol. The minimum Gasteiger partial charge on any atom is -0.267 e. The fourth-order valence-corrected chi connectivity index (χ4v) is 4.93. The number of pyridine rings is 2. The lowest BCUT2D eigenvalue weighted by Crippen LogP contribution is -2.22.